The Labute approximate surface area is 386 Å². The summed E-state index contributed by atoms with van der Waals surface area (Å²) in [5.41, 5.74) is 8.16. The molecule has 0 bridgehead atoms. The largest absolute Gasteiger partial charge is 0.512 e. The van der Waals surface area contributed by atoms with Crippen molar-refractivity contribution >= 4 is 60.1 Å². The van der Waals surface area contributed by atoms with E-state index in [-0.39, 0.29) is 30.2 Å². The molecule has 4 aromatic carbocycles. The minimum absolute atomic E-state index is 0.0610. The number of aliphatic hydroxyl groups is 1. The second-order valence-corrected chi connectivity index (χ2v) is 18.9. The van der Waals surface area contributed by atoms with Crippen molar-refractivity contribution in [2.24, 2.45) is 11.7 Å². The summed E-state index contributed by atoms with van der Waals surface area (Å²) in [5.74, 6) is -8.04. The van der Waals surface area contributed by atoms with Gasteiger partial charge in [-0.05, 0) is 64.9 Å². The number of carbonyl (C=O) groups excluding carboxylic acids is 6. The average Bonchev–Trinajstić information content (AvgIpc) is 3.79. The molecule has 1 heterocycles. The molecule has 0 radical (unpaired) electrons. The van der Waals surface area contributed by atoms with E-state index in [4.69, 9.17) is 22.7 Å². The number of phenolic OH excluding ortho intramolecular Hbond substituents is 1. The van der Waals surface area contributed by atoms with Gasteiger partial charge in [-0.2, -0.15) is 0 Å². The number of hydrogen-bond acceptors (Lipinski definition) is 10. The molecule has 66 heavy (non-hydrogen) atoms. The SMILES string of the molecule is CC(=O)N1CCC[C@H]1C(=O)NCC(=O)N[C@@H](Cc1ccccc1)P(=O)(O)CC(C/C(O)=C/C(=N)c1ccc(-c2cccc(Cl)c2)cc1)C(=O)N[C@@H](Cc1ccc(O)cc1)C(=O)NCC(N)=O. The summed E-state index contributed by atoms with van der Waals surface area (Å²) >= 11 is 6.16. The smallest absolute Gasteiger partial charge is 0.243 e. The van der Waals surface area contributed by atoms with Gasteiger partial charge in [0, 0.05) is 50.0 Å². The van der Waals surface area contributed by atoms with Crippen LogP contribution in [0.1, 0.15) is 42.9 Å². The molecular formula is C47H53ClN7O10P. The third kappa shape index (κ3) is 14.9. The number of nitrogens with one attached hydrogen (secondary N) is 5. The van der Waals surface area contributed by atoms with Crippen LogP contribution in [0.15, 0.2) is 115 Å². The Morgan fingerprint density at radius 2 is 1.55 bits per heavy atom. The van der Waals surface area contributed by atoms with Crippen molar-refractivity contribution in [3.8, 4) is 16.9 Å². The molecule has 19 heteroatoms. The van der Waals surface area contributed by atoms with Gasteiger partial charge in [0.25, 0.3) is 0 Å². The molecule has 1 fully saturated rings. The van der Waals surface area contributed by atoms with E-state index in [0.717, 1.165) is 17.2 Å². The maximum Gasteiger partial charge on any atom is 0.243 e. The first kappa shape index (κ1) is 50.2. The number of nitrogens with two attached hydrogens (primary N) is 1. The Balaban J connectivity index is 1.43. The van der Waals surface area contributed by atoms with E-state index >= 15 is 0 Å². The zero-order chi connectivity index (χ0) is 48.0. The Morgan fingerprint density at radius 1 is 0.864 bits per heavy atom. The topological polar surface area (TPSA) is 281 Å². The first-order chi connectivity index (χ1) is 31.4. The highest BCUT2D eigenvalue weighted by Gasteiger charge is 2.39. The summed E-state index contributed by atoms with van der Waals surface area (Å²) in [4.78, 5) is 91.2. The predicted molar refractivity (Wildman–Crippen MR) is 249 cm³/mol. The van der Waals surface area contributed by atoms with E-state index in [1.165, 1.54) is 36.1 Å². The fraction of sp³-hybridized carbons (Fsp3) is 0.298. The van der Waals surface area contributed by atoms with E-state index in [9.17, 15) is 48.4 Å². The van der Waals surface area contributed by atoms with Gasteiger partial charge in [-0.25, -0.2) is 0 Å². The molecule has 1 saturated heterocycles. The monoisotopic (exact) mass is 941 g/mol. The molecule has 2 unspecified atom stereocenters. The molecule has 17 nitrogen and oxygen atoms in total. The Bertz CT molecular complexity index is 2490. The van der Waals surface area contributed by atoms with Crippen molar-refractivity contribution in [1.29, 1.82) is 5.41 Å². The molecule has 6 amide bonds. The summed E-state index contributed by atoms with van der Waals surface area (Å²) in [6, 6.07) is 26.0. The highest BCUT2D eigenvalue weighted by molar-refractivity contribution is 7.58. The summed E-state index contributed by atoms with van der Waals surface area (Å²) < 4.78 is 14.7. The highest BCUT2D eigenvalue weighted by atomic mass is 35.5. The van der Waals surface area contributed by atoms with Crippen molar-refractivity contribution in [2.75, 3.05) is 25.8 Å². The Morgan fingerprint density at radius 3 is 2.20 bits per heavy atom. The van der Waals surface area contributed by atoms with Crippen LogP contribution in [-0.4, -0.2) is 105 Å². The Kier molecular flexibility index (Phi) is 17.8. The van der Waals surface area contributed by atoms with Crippen LogP contribution in [0.25, 0.3) is 11.1 Å². The normalized spacial score (nSPS) is 15.9. The third-order valence-corrected chi connectivity index (χ3v) is 13.4. The van der Waals surface area contributed by atoms with Gasteiger partial charge in [-0.1, -0.05) is 90.5 Å². The van der Waals surface area contributed by atoms with Gasteiger partial charge in [0.05, 0.1) is 30.5 Å². The van der Waals surface area contributed by atoms with Gasteiger partial charge in [0.1, 0.15) is 23.6 Å². The van der Waals surface area contributed by atoms with Crippen molar-refractivity contribution in [1.82, 2.24) is 26.2 Å². The number of amides is 6. The lowest BCUT2D eigenvalue weighted by atomic mass is 9.99. The van der Waals surface area contributed by atoms with E-state index in [1.54, 1.807) is 72.8 Å². The first-order valence-electron chi connectivity index (χ1n) is 21.1. The zero-order valence-electron chi connectivity index (χ0n) is 36.1. The zero-order valence-corrected chi connectivity index (χ0v) is 37.8. The lowest BCUT2D eigenvalue weighted by Gasteiger charge is -2.29. The minimum atomic E-state index is -4.72. The van der Waals surface area contributed by atoms with Gasteiger partial charge >= 0.3 is 0 Å². The number of allylic oxidation sites excluding steroid dienone is 2. The maximum atomic E-state index is 14.7. The number of phenols is 1. The molecule has 0 aliphatic carbocycles. The highest BCUT2D eigenvalue weighted by Crippen LogP contribution is 2.49. The van der Waals surface area contributed by atoms with Crippen LogP contribution in [0.2, 0.25) is 5.02 Å². The van der Waals surface area contributed by atoms with Crippen molar-refractivity contribution < 1.29 is 48.4 Å². The number of carbonyl (C=O) groups is 6. The lowest BCUT2D eigenvalue weighted by Crippen LogP contribution is -2.51. The van der Waals surface area contributed by atoms with Gasteiger partial charge < -0.3 is 52.4 Å². The first-order valence-corrected chi connectivity index (χ1v) is 23.4. The molecule has 4 aromatic rings. The van der Waals surface area contributed by atoms with Crippen LogP contribution in [0.3, 0.4) is 0 Å². The number of likely N-dealkylation sites (tertiary alicyclic amines) is 1. The molecule has 1 aliphatic rings. The second-order valence-electron chi connectivity index (χ2n) is 16.0. The van der Waals surface area contributed by atoms with Crippen LogP contribution in [0, 0.1) is 11.3 Å². The van der Waals surface area contributed by atoms with E-state index in [1.807, 2.05) is 6.07 Å². The van der Waals surface area contributed by atoms with Crippen LogP contribution >= 0.6 is 19.0 Å². The van der Waals surface area contributed by atoms with Crippen LogP contribution < -0.4 is 27.0 Å². The van der Waals surface area contributed by atoms with Crippen molar-refractivity contribution in [2.45, 2.75) is 56.9 Å². The summed E-state index contributed by atoms with van der Waals surface area (Å²) in [7, 11) is -4.72. The number of primary amides is 1. The second kappa shape index (κ2) is 23.4. The lowest BCUT2D eigenvalue weighted by molar-refractivity contribution is -0.137. The number of benzene rings is 4. The number of aliphatic hydroxyl groups excluding tert-OH is 1. The van der Waals surface area contributed by atoms with Crippen molar-refractivity contribution in [3.63, 3.8) is 0 Å². The fourth-order valence-corrected chi connectivity index (χ4v) is 9.70. The average molecular weight is 942 g/mol. The number of nitrogens with zero attached hydrogens (tertiary/aromatic N) is 1. The molecule has 348 valence electrons. The molecule has 0 saturated carbocycles. The molecule has 0 aromatic heterocycles. The van der Waals surface area contributed by atoms with Crippen LogP contribution in [-0.2, 0) is 46.2 Å². The van der Waals surface area contributed by atoms with Gasteiger partial charge in [0.15, 0.2) is 0 Å². The van der Waals surface area contributed by atoms with Crippen molar-refractivity contribution in [3.05, 3.63) is 137 Å². The fourth-order valence-electron chi connectivity index (χ4n) is 7.49. The number of rotatable bonds is 21. The standard InChI is InChI=1S/C47H53ClN7O10P/c1-29(56)55-20-6-11-41(55)47(63)52-27-43(60)54-44(22-30-7-3-2-4-8-30)66(64,65)28-35(45(61)53-40(46(62)51-26-42(50)59)21-31-12-18-37(57)19-13-31)24-38(58)25-39(49)33-16-14-32(15-17-33)34-9-5-10-36(48)23-34/h2-5,7-10,12-19,23,25,35,40-41,44,49,57-58H,6,11,20-22,24,26-28H2,1H3,(H2,50,59)(H,51,62)(H,52,63)(H,53,61)(H,54,60)(H,64,65)/b38-25-,49-39?/t35?,40-,41-,44+/m0/s1. The van der Waals surface area contributed by atoms with Gasteiger partial charge in [-0.3, -0.25) is 33.3 Å². The third-order valence-electron chi connectivity index (χ3n) is 10.9. The van der Waals surface area contributed by atoms with Crippen LogP contribution in [0.5, 0.6) is 5.75 Å². The summed E-state index contributed by atoms with van der Waals surface area (Å²) in [6.45, 7) is 0.565. The Hall–Kier alpha value is -6.81. The quantitative estimate of drug-likeness (QED) is 0.0330. The summed E-state index contributed by atoms with van der Waals surface area (Å²) in [6.07, 6.45) is 0.274. The van der Waals surface area contributed by atoms with E-state index < -0.39 is 92.1 Å². The molecule has 0 spiro atoms. The molecular weight excluding hydrogens is 889 g/mol. The van der Waals surface area contributed by atoms with E-state index in [0.29, 0.717) is 41.1 Å². The molecule has 1 aliphatic heterocycles. The molecule has 5 rings (SSSR count). The maximum absolute atomic E-state index is 14.7. The number of hydrogen-bond donors (Lipinski definition) is 9. The number of halogens is 1. The molecule has 10 N–H and O–H groups in total. The number of aromatic hydroxyl groups is 1. The predicted octanol–water partition coefficient (Wildman–Crippen LogP) is 3.94. The van der Waals surface area contributed by atoms with E-state index in [2.05, 4.69) is 21.3 Å². The molecule has 5 atom stereocenters. The minimum Gasteiger partial charge on any atom is -0.512 e. The van der Waals surface area contributed by atoms with Gasteiger partial charge in [0.2, 0.25) is 42.8 Å². The van der Waals surface area contributed by atoms with Crippen LogP contribution in [0.4, 0.5) is 0 Å². The summed E-state index contributed by atoms with van der Waals surface area (Å²) in [5, 5.41) is 40.5. The van der Waals surface area contributed by atoms with Gasteiger partial charge in [-0.15, -0.1) is 0 Å².